The lowest BCUT2D eigenvalue weighted by molar-refractivity contribution is 0.668. The molecule has 4 heteroatoms. The van der Waals surface area contributed by atoms with Crippen molar-refractivity contribution >= 4 is 71.7 Å². The lowest BCUT2D eigenvalue weighted by Gasteiger charge is -2.27. The van der Waals surface area contributed by atoms with E-state index in [1.165, 1.54) is 32.6 Å². The van der Waals surface area contributed by atoms with Crippen molar-refractivity contribution in [1.82, 2.24) is 9.55 Å². The molecule has 0 radical (unpaired) electrons. The van der Waals surface area contributed by atoms with Crippen LogP contribution in [-0.2, 0) is 0 Å². The fourth-order valence-corrected chi connectivity index (χ4v) is 8.28. The summed E-state index contributed by atoms with van der Waals surface area (Å²) in [6.45, 7) is 0. The highest BCUT2D eigenvalue weighted by atomic mass is 16.3. The van der Waals surface area contributed by atoms with Crippen LogP contribution in [0.25, 0.3) is 82.6 Å². The number of pyridine rings is 1. The van der Waals surface area contributed by atoms with Crippen LogP contribution in [0.15, 0.2) is 205 Å². The van der Waals surface area contributed by atoms with Crippen LogP contribution in [0.3, 0.4) is 0 Å². The van der Waals surface area contributed by atoms with Crippen LogP contribution >= 0.6 is 0 Å². The average Bonchev–Trinajstić information content (AvgIpc) is 3.79. The third-order valence-corrected chi connectivity index (χ3v) is 10.8. The fourth-order valence-electron chi connectivity index (χ4n) is 8.28. The van der Waals surface area contributed by atoms with Crippen LogP contribution in [-0.4, -0.2) is 9.55 Å². The van der Waals surface area contributed by atoms with E-state index in [9.17, 15) is 0 Å². The van der Waals surface area contributed by atoms with Gasteiger partial charge in [-0.1, -0.05) is 109 Å². The maximum Gasteiger partial charge on any atom is 0.153 e. The molecule has 3 aromatic heterocycles. The third-order valence-electron chi connectivity index (χ3n) is 10.8. The predicted octanol–water partition coefficient (Wildman–Crippen LogP) is 14.0. The maximum atomic E-state index is 6.33. The number of aromatic nitrogens is 2. The van der Waals surface area contributed by atoms with Gasteiger partial charge in [0, 0.05) is 51.2 Å². The summed E-state index contributed by atoms with van der Waals surface area (Å²) >= 11 is 0. The van der Waals surface area contributed by atoms with Crippen LogP contribution in [0, 0.1) is 0 Å². The summed E-state index contributed by atoms with van der Waals surface area (Å²) in [5.74, 6) is 0. The van der Waals surface area contributed by atoms with E-state index in [1.807, 2.05) is 18.3 Å². The molecule has 0 saturated heterocycles. The summed E-state index contributed by atoms with van der Waals surface area (Å²) in [5.41, 5.74) is 13.7. The number of anilines is 3. The van der Waals surface area contributed by atoms with Crippen molar-refractivity contribution in [3.05, 3.63) is 200 Å². The van der Waals surface area contributed by atoms with Crippen LogP contribution in [0.2, 0.25) is 0 Å². The van der Waals surface area contributed by atoms with Crippen molar-refractivity contribution in [1.29, 1.82) is 0 Å². The fraction of sp³-hybridized carbons (Fsp3) is 0. The zero-order valence-corrected chi connectivity index (χ0v) is 29.8. The summed E-state index contributed by atoms with van der Waals surface area (Å²) < 4.78 is 8.72. The minimum Gasteiger partial charge on any atom is -0.454 e. The molecule has 3 heterocycles. The van der Waals surface area contributed by atoms with E-state index in [-0.39, 0.29) is 0 Å². The molecule has 0 atom stereocenters. The summed E-state index contributed by atoms with van der Waals surface area (Å²) in [7, 11) is 0. The van der Waals surface area contributed by atoms with E-state index in [0.29, 0.717) is 0 Å². The molecule has 0 spiro atoms. The number of hydrogen-bond acceptors (Lipinski definition) is 3. The van der Waals surface area contributed by atoms with Gasteiger partial charge >= 0.3 is 0 Å². The molecule has 11 rings (SSSR count). The highest BCUT2D eigenvalue weighted by Gasteiger charge is 2.19. The Morgan fingerprint density at radius 1 is 0.418 bits per heavy atom. The quantitative estimate of drug-likeness (QED) is 0.173. The zero-order valence-electron chi connectivity index (χ0n) is 29.8. The Balaban J connectivity index is 1.12. The van der Waals surface area contributed by atoms with Crippen LogP contribution < -0.4 is 4.90 Å². The molecule has 4 nitrogen and oxygen atoms in total. The molecule has 0 fully saturated rings. The van der Waals surface area contributed by atoms with E-state index in [4.69, 9.17) is 4.42 Å². The molecular formula is C51H33N3O. The van der Waals surface area contributed by atoms with Gasteiger partial charge in [-0.15, -0.1) is 0 Å². The molecule has 55 heavy (non-hydrogen) atoms. The Morgan fingerprint density at radius 3 is 1.96 bits per heavy atom. The third kappa shape index (κ3) is 5.19. The molecular weight excluding hydrogens is 671 g/mol. The van der Waals surface area contributed by atoms with E-state index < -0.39 is 0 Å². The summed E-state index contributed by atoms with van der Waals surface area (Å²) in [6, 6.07) is 69.4. The Bertz CT molecular complexity index is 3180. The van der Waals surface area contributed by atoms with Crippen molar-refractivity contribution in [2.75, 3.05) is 4.90 Å². The number of furan rings is 1. The topological polar surface area (TPSA) is 34.2 Å². The number of para-hydroxylation sites is 3. The first-order valence-corrected chi connectivity index (χ1v) is 18.6. The molecule has 0 bridgehead atoms. The molecule has 0 N–H and O–H groups in total. The first-order valence-electron chi connectivity index (χ1n) is 18.6. The molecule has 0 aliphatic rings. The molecule has 0 aliphatic carbocycles. The second kappa shape index (κ2) is 12.6. The normalized spacial score (nSPS) is 11.6. The lowest BCUT2D eigenvalue weighted by atomic mass is 9.92. The molecule has 11 aromatic rings. The van der Waals surface area contributed by atoms with Gasteiger partial charge in [0.05, 0.1) is 11.0 Å². The zero-order chi connectivity index (χ0) is 36.3. The number of hydrogen-bond donors (Lipinski definition) is 0. The molecule has 258 valence electrons. The van der Waals surface area contributed by atoms with Gasteiger partial charge in [0.25, 0.3) is 0 Å². The minimum absolute atomic E-state index is 0.784. The molecule has 8 aromatic carbocycles. The number of rotatable bonds is 6. The van der Waals surface area contributed by atoms with E-state index in [0.717, 1.165) is 67.1 Å². The maximum absolute atomic E-state index is 6.33. The summed E-state index contributed by atoms with van der Waals surface area (Å²) in [4.78, 5) is 6.92. The minimum atomic E-state index is 0.784. The van der Waals surface area contributed by atoms with Crippen LogP contribution in [0.5, 0.6) is 0 Å². The largest absolute Gasteiger partial charge is 0.454 e. The Morgan fingerprint density at radius 2 is 1.13 bits per heavy atom. The van der Waals surface area contributed by atoms with Crippen LogP contribution in [0.1, 0.15) is 0 Å². The van der Waals surface area contributed by atoms with Crippen LogP contribution in [0.4, 0.5) is 17.1 Å². The second-order valence-corrected chi connectivity index (χ2v) is 14.0. The van der Waals surface area contributed by atoms with Gasteiger partial charge in [-0.05, 0) is 112 Å². The highest BCUT2D eigenvalue weighted by molar-refractivity contribution is 6.09. The Labute approximate surface area is 317 Å². The van der Waals surface area contributed by atoms with E-state index in [1.54, 1.807) is 0 Å². The monoisotopic (exact) mass is 703 g/mol. The van der Waals surface area contributed by atoms with Gasteiger partial charge in [0.1, 0.15) is 11.1 Å². The molecule has 0 unspecified atom stereocenters. The first-order chi connectivity index (χ1) is 27.3. The number of nitrogens with zero attached hydrogens (tertiary/aromatic N) is 3. The SMILES string of the molecule is c1ccc(N(c2ccc(-c3cccc(-n4c5ccccc5c5ccccc54)c3)c(-c3ccc4ccccc4c3)c2)c2ccc3c(c2)oc2cccnc23)cc1. The molecule has 0 aliphatic heterocycles. The lowest BCUT2D eigenvalue weighted by Crippen LogP contribution is -2.10. The number of benzene rings is 8. The van der Waals surface area contributed by atoms with Crippen molar-refractivity contribution < 1.29 is 4.42 Å². The Kier molecular flexibility index (Phi) is 7.14. The highest BCUT2D eigenvalue weighted by Crippen LogP contribution is 2.43. The predicted molar refractivity (Wildman–Crippen MR) is 229 cm³/mol. The first kappa shape index (κ1) is 31.1. The van der Waals surface area contributed by atoms with Crippen molar-refractivity contribution in [3.8, 4) is 27.9 Å². The average molecular weight is 704 g/mol. The van der Waals surface area contributed by atoms with Crippen molar-refractivity contribution in [2.24, 2.45) is 0 Å². The number of fused-ring (bicyclic) bond motifs is 7. The molecule has 0 amide bonds. The standard InChI is InChI=1S/C51H33N3O/c1-2-15-38(16-3-1)53(41-26-28-45-50(33-41)55-49-22-11-29-52-51(45)49)40-25-27-42(46(32-40)37-24-23-34-12-4-5-13-35(34)30-37)36-14-10-17-39(31-36)54-47-20-8-6-18-43(47)44-19-7-9-21-48(44)54/h1-33H. The van der Waals surface area contributed by atoms with Gasteiger partial charge in [-0.2, -0.15) is 0 Å². The summed E-state index contributed by atoms with van der Waals surface area (Å²) in [6.07, 6.45) is 1.82. The van der Waals surface area contributed by atoms with E-state index in [2.05, 4.69) is 196 Å². The van der Waals surface area contributed by atoms with Gasteiger partial charge in [-0.25, -0.2) is 0 Å². The second-order valence-electron chi connectivity index (χ2n) is 14.0. The van der Waals surface area contributed by atoms with Crippen molar-refractivity contribution in [2.45, 2.75) is 0 Å². The van der Waals surface area contributed by atoms with Gasteiger partial charge in [-0.3, -0.25) is 4.98 Å². The van der Waals surface area contributed by atoms with Gasteiger partial charge < -0.3 is 13.9 Å². The van der Waals surface area contributed by atoms with Crippen molar-refractivity contribution in [3.63, 3.8) is 0 Å². The smallest absolute Gasteiger partial charge is 0.153 e. The van der Waals surface area contributed by atoms with Gasteiger partial charge in [0.2, 0.25) is 0 Å². The Hall–Kier alpha value is -7.43. The van der Waals surface area contributed by atoms with E-state index >= 15 is 0 Å². The van der Waals surface area contributed by atoms with Gasteiger partial charge in [0.15, 0.2) is 5.58 Å². The summed E-state index contributed by atoms with van der Waals surface area (Å²) in [5, 5.41) is 5.93. The molecule has 0 saturated carbocycles.